The number of hydrogen-bond acceptors (Lipinski definition) is 3. The Morgan fingerprint density at radius 2 is 2.56 bits per heavy atom. The minimum absolute atomic E-state index is 0.0351. The molecule has 2 aromatic heterocycles. The summed E-state index contributed by atoms with van der Waals surface area (Å²) in [6, 6.07) is 3.67. The minimum atomic E-state index is 0.0351. The molecule has 1 aliphatic rings. The number of hydrogen-bond donors (Lipinski definition) is 2. The second kappa shape index (κ2) is 4.68. The van der Waals surface area contributed by atoms with E-state index in [1.165, 1.54) is 0 Å². The Kier molecular flexibility index (Phi) is 2.88. The summed E-state index contributed by atoms with van der Waals surface area (Å²) in [7, 11) is 0. The van der Waals surface area contributed by atoms with Gasteiger partial charge in [0.05, 0.1) is 24.8 Å². The number of aromatic amines is 1. The Bertz CT molecular complexity index is 530. The van der Waals surface area contributed by atoms with E-state index in [-0.39, 0.29) is 11.8 Å². The first-order valence-corrected chi connectivity index (χ1v) is 6.14. The molecule has 0 saturated carbocycles. The normalized spacial score (nSPS) is 18.3. The largest absolute Gasteiger partial charge is 0.467 e. The molecule has 3 rings (SSSR count). The van der Waals surface area contributed by atoms with Crippen LogP contribution in [-0.4, -0.2) is 15.9 Å². The predicted octanol–water partition coefficient (Wildman–Crippen LogP) is 1.42. The van der Waals surface area contributed by atoms with Crippen molar-refractivity contribution in [3.8, 4) is 0 Å². The quantitative estimate of drug-likeness (QED) is 0.859. The summed E-state index contributed by atoms with van der Waals surface area (Å²) in [5.41, 5.74) is 2.20. The van der Waals surface area contributed by atoms with E-state index in [0.717, 1.165) is 36.4 Å². The first kappa shape index (κ1) is 11.1. The highest BCUT2D eigenvalue weighted by Crippen LogP contribution is 2.22. The van der Waals surface area contributed by atoms with E-state index in [9.17, 15) is 4.79 Å². The molecule has 18 heavy (non-hydrogen) atoms. The summed E-state index contributed by atoms with van der Waals surface area (Å²) in [5, 5.41) is 2.91. The Morgan fingerprint density at radius 1 is 1.61 bits per heavy atom. The van der Waals surface area contributed by atoms with Gasteiger partial charge < -0.3 is 14.7 Å². The summed E-state index contributed by atoms with van der Waals surface area (Å²) < 4.78 is 5.18. The van der Waals surface area contributed by atoms with Crippen molar-refractivity contribution in [2.45, 2.75) is 25.8 Å². The zero-order valence-corrected chi connectivity index (χ0v) is 9.98. The van der Waals surface area contributed by atoms with Crippen molar-refractivity contribution in [2.24, 2.45) is 5.92 Å². The highest BCUT2D eigenvalue weighted by atomic mass is 16.3. The van der Waals surface area contributed by atoms with E-state index in [4.69, 9.17) is 4.42 Å². The van der Waals surface area contributed by atoms with Gasteiger partial charge in [-0.05, 0) is 25.0 Å². The van der Waals surface area contributed by atoms with Gasteiger partial charge in [-0.2, -0.15) is 0 Å². The number of aryl methyl sites for hydroxylation is 1. The monoisotopic (exact) mass is 245 g/mol. The molecule has 0 fully saturated rings. The van der Waals surface area contributed by atoms with Gasteiger partial charge in [-0.25, -0.2) is 4.98 Å². The molecule has 0 bridgehead atoms. The third-order valence-electron chi connectivity index (χ3n) is 3.38. The van der Waals surface area contributed by atoms with E-state index in [1.807, 2.05) is 12.1 Å². The lowest BCUT2D eigenvalue weighted by Gasteiger charge is -2.20. The van der Waals surface area contributed by atoms with Gasteiger partial charge in [0.25, 0.3) is 0 Å². The molecule has 0 saturated heterocycles. The number of carbonyl (C=O) groups excluding carboxylic acids is 1. The Morgan fingerprint density at radius 3 is 3.39 bits per heavy atom. The lowest BCUT2D eigenvalue weighted by molar-refractivity contribution is -0.125. The van der Waals surface area contributed by atoms with E-state index in [0.29, 0.717) is 6.54 Å². The Balaban J connectivity index is 1.57. The number of nitrogens with zero attached hydrogens (tertiary/aromatic N) is 1. The number of carbonyl (C=O) groups is 1. The van der Waals surface area contributed by atoms with Crippen LogP contribution >= 0.6 is 0 Å². The zero-order chi connectivity index (χ0) is 12.4. The molecule has 0 aliphatic heterocycles. The van der Waals surface area contributed by atoms with Gasteiger partial charge in [-0.15, -0.1) is 0 Å². The van der Waals surface area contributed by atoms with Gasteiger partial charge in [0.2, 0.25) is 5.91 Å². The van der Waals surface area contributed by atoms with Crippen LogP contribution in [0.15, 0.2) is 29.1 Å². The molecule has 2 aromatic rings. The first-order valence-electron chi connectivity index (χ1n) is 6.14. The number of furan rings is 1. The number of H-pyrrole nitrogens is 1. The standard InChI is InChI=1S/C13H15N3O2/c17-13(14-7-10-2-1-5-18-10)9-3-4-11-12(6-9)16-8-15-11/h1-2,5,8-9H,3-4,6-7H2,(H,14,17)(H,15,16)/t9-/m0/s1. The van der Waals surface area contributed by atoms with Gasteiger partial charge in [0.15, 0.2) is 0 Å². The number of aromatic nitrogens is 2. The van der Waals surface area contributed by atoms with E-state index >= 15 is 0 Å². The fraction of sp³-hybridized carbons (Fsp3) is 0.385. The molecule has 0 spiro atoms. The van der Waals surface area contributed by atoms with Gasteiger partial charge >= 0.3 is 0 Å². The van der Waals surface area contributed by atoms with Crippen LogP contribution < -0.4 is 5.32 Å². The van der Waals surface area contributed by atoms with Crippen LogP contribution in [-0.2, 0) is 24.2 Å². The van der Waals surface area contributed by atoms with Gasteiger partial charge in [-0.1, -0.05) is 0 Å². The number of rotatable bonds is 3. The molecule has 5 nitrogen and oxygen atoms in total. The highest BCUT2D eigenvalue weighted by Gasteiger charge is 2.25. The van der Waals surface area contributed by atoms with Crippen molar-refractivity contribution in [3.63, 3.8) is 0 Å². The van der Waals surface area contributed by atoms with E-state index < -0.39 is 0 Å². The second-order valence-corrected chi connectivity index (χ2v) is 4.56. The van der Waals surface area contributed by atoms with Crippen molar-refractivity contribution in [1.29, 1.82) is 0 Å². The maximum Gasteiger partial charge on any atom is 0.223 e. The Hall–Kier alpha value is -2.04. The fourth-order valence-electron chi connectivity index (χ4n) is 2.36. The molecule has 0 radical (unpaired) electrons. The molecule has 2 heterocycles. The van der Waals surface area contributed by atoms with Crippen LogP contribution in [0.25, 0.3) is 0 Å². The Labute approximate surface area is 105 Å². The van der Waals surface area contributed by atoms with Crippen molar-refractivity contribution in [2.75, 3.05) is 0 Å². The minimum Gasteiger partial charge on any atom is -0.467 e. The molecule has 5 heteroatoms. The fourth-order valence-corrected chi connectivity index (χ4v) is 2.36. The molecule has 1 aliphatic carbocycles. The molecule has 0 unspecified atom stereocenters. The maximum atomic E-state index is 12.0. The van der Waals surface area contributed by atoms with Crippen molar-refractivity contribution < 1.29 is 9.21 Å². The molecular formula is C13H15N3O2. The molecule has 1 amide bonds. The summed E-state index contributed by atoms with van der Waals surface area (Å²) >= 11 is 0. The van der Waals surface area contributed by atoms with Gasteiger partial charge in [-0.3, -0.25) is 4.79 Å². The van der Waals surface area contributed by atoms with Crippen LogP contribution in [0.4, 0.5) is 0 Å². The average Bonchev–Trinajstić information content (AvgIpc) is 3.05. The van der Waals surface area contributed by atoms with Crippen molar-refractivity contribution >= 4 is 5.91 Å². The molecule has 2 N–H and O–H groups in total. The highest BCUT2D eigenvalue weighted by molar-refractivity contribution is 5.79. The molecule has 1 atom stereocenters. The maximum absolute atomic E-state index is 12.0. The SMILES string of the molecule is O=C(NCc1ccco1)[C@H]1CCc2nc[nH]c2C1. The number of amides is 1. The number of fused-ring (bicyclic) bond motifs is 1. The summed E-state index contributed by atoms with van der Waals surface area (Å²) in [5.74, 6) is 0.904. The van der Waals surface area contributed by atoms with E-state index in [1.54, 1.807) is 12.6 Å². The average molecular weight is 245 g/mol. The second-order valence-electron chi connectivity index (χ2n) is 4.56. The smallest absolute Gasteiger partial charge is 0.223 e. The van der Waals surface area contributed by atoms with Crippen LogP contribution in [0, 0.1) is 5.92 Å². The van der Waals surface area contributed by atoms with Crippen molar-refractivity contribution in [3.05, 3.63) is 41.9 Å². The molecular weight excluding hydrogens is 230 g/mol. The van der Waals surface area contributed by atoms with Crippen LogP contribution in [0.1, 0.15) is 23.6 Å². The van der Waals surface area contributed by atoms with Crippen LogP contribution in [0.3, 0.4) is 0 Å². The zero-order valence-electron chi connectivity index (χ0n) is 9.98. The predicted molar refractivity (Wildman–Crippen MR) is 64.7 cm³/mol. The third-order valence-corrected chi connectivity index (χ3v) is 3.38. The summed E-state index contributed by atoms with van der Waals surface area (Å²) in [6.45, 7) is 0.457. The summed E-state index contributed by atoms with van der Waals surface area (Å²) in [6.07, 6.45) is 5.80. The van der Waals surface area contributed by atoms with Crippen LogP contribution in [0.5, 0.6) is 0 Å². The topological polar surface area (TPSA) is 70.9 Å². The van der Waals surface area contributed by atoms with E-state index in [2.05, 4.69) is 15.3 Å². The number of imidazole rings is 1. The molecule has 0 aromatic carbocycles. The van der Waals surface area contributed by atoms with Crippen LogP contribution in [0.2, 0.25) is 0 Å². The van der Waals surface area contributed by atoms with Gasteiger partial charge in [0.1, 0.15) is 5.76 Å². The van der Waals surface area contributed by atoms with Gasteiger partial charge in [0, 0.05) is 18.0 Å². The molecule has 94 valence electrons. The number of nitrogens with one attached hydrogen (secondary N) is 2. The summed E-state index contributed by atoms with van der Waals surface area (Å²) in [4.78, 5) is 19.4. The lowest BCUT2D eigenvalue weighted by Crippen LogP contribution is -2.33. The third kappa shape index (κ3) is 2.16. The lowest BCUT2D eigenvalue weighted by atomic mass is 9.89. The van der Waals surface area contributed by atoms with Crippen molar-refractivity contribution in [1.82, 2.24) is 15.3 Å². The first-order chi connectivity index (χ1) is 8.83.